The number of nitrogens with one attached hydrogen (secondary N) is 1. The summed E-state index contributed by atoms with van der Waals surface area (Å²) in [4.78, 5) is 36.8. The Morgan fingerprint density at radius 3 is 2.67 bits per heavy atom. The maximum atomic E-state index is 12.5. The molecule has 1 heterocycles. The Balaban J connectivity index is 2.12. The molecule has 21 heavy (non-hydrogen) atoms. The van der Waals surface area contributed by atoms with Crippen molar-refractivity contribution >= 4 is 17.7 Å². The molecule has 0 saturated carbocycles. The van der Waals surface area contributed by atoms with E-state index >= 15 is 0 Å². The molecule has 1 aliphatic rings. The van der Waals surface area contributed by atoms with E-state index in [0.717, 1.165) is 0 Å². The van der Waals surface area contributed by atoms with Crippen molar-refractivity contribution in [2.24, 2.45) is 0 Å². The van der Waals surface area contributed by atoms with Gasteiger partial charge in [-0.25, -0.2) is 0 Å². The number of para-hydroxylation sites is 1. The molecular weight excluding hydrogens is 272 g/mol. The predicted molar refractivity (Wildman–Crippen MR) is 75.5 cm³/mol. The van der Waals surface area contributed by atoms with E-state index in [9.17, 15) is 14.4 Å². The van der Waals surface area contributed by atoms with Gasteiger partial charge >= 0.3 is 0 Å². The van der Waals surface area contributed by atoms with Crippen LogP contribution in [0.2, 0.25) is 0 Å². The van der Waals surface area contributed by atoms with Gasteiger partial charge in [-0.2, -0.15) is 0 Å². The normalized spacial score (nSPS) is 19.9. The Bertz CT molecular complexity index is 544. The van der Waals surface area contributed by atoms with E-state index in [2.05, 4.69) is 5.32 Å². The summed E-state index contributed by atoms with van der Waals surface area (Å²) in [6.45, 7) is 3.29. The molecule has 1 aromatic rings. The summed E-state index contributed by atoms with van der Waals surface area (Å²) in [7, 11) is 0. The van der Waals surface area contributed by atoms with Gasteiger partial charge in [-0.05, 0) is 25.5 Å². The highest BCUT2D eigenvalue weighted by Crippen LogP contribution is 2.16. The van der Waals surface area contributed by atoms with Crippen LogP contribution in [0.4, 0.5) is 0 Å². The van der Waals surface area contributed by atoms with Gasteiger partial charge in [0.25, 0.3) is 5.91 Å². The molecule has 0 radical (unpaired) electrons. The first-order valence-corrected chi connectivity index (χ1v) is 6.88. The van der Waals surface area contributed by atoms with Crippen molar-refractivity contribution in [3.8, 4) is 5.75 Å². The summed E-state index contributed by atoms with van der Waals surface area (Å²) in [6.07, 6.45) is -0.263. The van der Waals surface area contributed by atoms with Crippen molar-refractivity contribution in [2.75, 3.05) is 6.54 Å². The van der Waals surface area contributed by atoms with E-state index in [-0.39, 0.29) is 12.5 Å². The second kappa shape index (κ2) is 6.39. The van der Waals surface area contributed by atoms with Gasteiger partial charge in [0.05, 0.1) is 0 Å². The summed E-state index contributed by atoms with van der Waals surface area (Å²) >= 11 is 0. The lowest BCUT2D eigenvalue weighted by molar-refractivity contribution is -0.153. The maximum absolute atomic E-state index is 12.5. The highest BCUT2D eigenvalue weighted by molar-refractivity contribution is 6.04. The number of carbonyl (C=O) groups is 3. The van der Waals surface area contributed by atoms with Crippen LogP contribution in [0.15, 0.2) is 30.3 Å². The van der Waals surface area contributed by atoms with E-state index in [0.29, 0.717) is 12.2 Å². The largest absolute Gasteiger partial charge is 0.481 e. The highest BCUT2D eigenvalue weighted by atomic mass is 16.5. The van der Waals surface area contributed by atoms with E-state index in [1.807, 2.05) is 25.1 Å². The molecule has 0 aliphatic carbocycles. The molecule has 1 aromatic carbocycles. The molecule has 2 atom stereocenters. The number of hydrogen-bond donors (Lipinski definition) is 1. The zero-order valence-corrected chi connectivity index (χ0v) is 12.0. The van der Waals surface area contributed by atoms with Gasteiger partial charge in [-0.1, -0.05) is 25.1 Å². The number of hydrogen-bond acceptors (Lipinski definition) is 4. The topological polar surface area (TPSA) is 75.7 Å². The van der Waals surface area contributed by atoms with Crippen LogP contribution in [0.3, 0.4) is 0 Å². The molecule has 112 valence electrons. The van der Waals surface area contributed by atoms with E-state index < -0.39 is 24.0 Å². The van der Waals surface area contributed by atoms with Crippen molar-refractivity contribution < 1.29 is 19.1 Å². The molecule has 1 N–H and O–H groups in total. The Labute approximate surface area is 123 Å². The molecule has 1 fully saturated rings. The lowest BCUT2D eigenvalue weighted by Crippen LogP contribution is -2.60. The number of amides is 3. The summed E-state index contributed by atoms with van der Waals surface area (Å²) < 4.78 is 5.66. The Kier molecular flexibility index (Phi) is 4.57. The first-order chi connectivity index (χ1) is 10.0. The summed E-state index contributed by atoms with van der Waals surface area (Å²) in [5.74, 6) is -0.703. The van der Waals surface area contributed by atoms with Crippen LogP contribution < -0.4 is 10.1 Å². The fourth-order valence-corrected chi connectivity index (χ4v) is 2.14. The van der Waals surface area contributed by atoms with Crippen LogP contribution in [0.1, 0.15) is 20.3 Å². The molecule has 3 amide bonds. The van der Waals surface area contributed by atoms with Gasteiger partial charge in [0.2, 0.25) is 11.8 Å². The minimum absolute atomic E-state index is 0.125. The number of carbonyl (C=O) groups excluding carboxylic acids is 3. The zero-order chi connectivity index (χ0) is 15.4. The van der Waals surface area contributed by atoms with Crippen LogP contribution in [-0.4, -0.2) is 41.3 Å². The molecule has 0 aromatic heterocycles. The second-order valence-corrected chi connectivity index (χ2v) is 4.88. The molecule has 0 spiro atoms. The third kappa shape index (κ3) is 3.39. The summed E-state index contributed by atoms with van der Waals surface area (Å²) in [5, 5.41) is 2.21. The number of imide groups is 1. The summed E-state index contributed by atoms with van der Waals surface area (Å²) in [5.41, 5.74) is 0. The lowest BCUT2D eigenvalue weighted by atomic mass is 10.1. The lowest BCUT2D eigenvalue weighted by Gasteiger charge is -2.34. The average molecular weight is 290 g/mol. The van der Waals surface area contributed by atoms with Crippen molar-refractivity contribution in [3.05, 3.63) is 30.3 Å². The molecular formula is C15H18N2O4. The fraction of sp³-hybridized carbons (Fsp3) is 0.400. The Morgan fingerprint density at radius 2 is 2.05 bits per heavy atom. The van der Waals surface area contributed by atoms with Crippen LogP contribution in [0.5, 0.6) is 5.75 Å². The van der Waals surface area contributed by atoms with Crippen LogP contribution >= 0.6 is 0 Å². The van der Waals surface area contributed by atoms with Gasteiger partial charge in [0.15, 0.2) is 6.10 Å². The third-order valence-corrected chi connectivity index (χ3v) is 3.37. The highest BCUT2D eigenvalue weighted by Gasteiger charge is 2.36. The second-order valence-electron chi connectivity index (χ2n) is 4.88. The van der Waals surface area contributed by atoms with Crippen molar-refractivity contribution in [2.45, 2.75) is 32.4 Å². The minimum atomic E-state index is -0.714. The smallest absolute Gasteiger partial charge is 0.264 e. The van der Waals surface area contributed by atoms with Gasteiger partial charge in [-0.15, -0.1) is 0 Å². The number of nitrogens with zero attached hydrogens (tertiary/aromatic N) is 1. The van der Waals surface area contributed by atoms with E-state index in [4.69, 9.17) is 4.74 Å². The molecule has 1 saturated heterocycles. The standard InChI is InChI=1S/C15H18N2O4/c1-3-12(21-11-7-5-4-6-8-11)15(20)17-9-13(18)16-14(19)10(17)2/h4-8,10,12H,3,9H2,1-2H3,(H,16,18,19). The van der Waals surface area contributed by atoms with Crippen LogP contribution in [0.25, 0.3) is 0 Å². The van der Waals surface area contributed by atoms with Crippen molar-refractivity contribution in [1.82, 2.24) is 10.2 Å². The number of piperazine rings is 1. The molecule has 0 bridgehead atoms. The van der Waals surface area contributed by atoms with Gasteiger partial charge < -0.3 is 9.64 Å². The van der Waals surface area contributed by atoms with E-state index in [1.54, 1.807) is 19.1 Å². The first-order valence-electron chi connectivity index (χ1n) is 6.88. The van der Waals surface area contributed by atoms with Gasteiger partial charge in [-0.3, -0.25) is 19.7 Å². The SMILES string of the molecule is CCC(Oc1ccccc1)C(=O)N1CC(=O)NC(=O)C1C. The number of ether oxygens (including phenoxy) is 1. The average Bonchev–Trinajstić information content (AvgIpc) is 2.49. The zero-order valence-electron chi connectivity index (χ0n) is 12.0. The fourth-order valence-electron chi connectivity index (χ4n) is 2.14. The quantitative estimate of drug-likeness (QED) is 0.829. The first kappa shape index (κ1) is 15.0. The monoisotopic (exact) mass is 290 g/mol. The molecule has 2 rings (SSSR count). The Morgan fingerprint density at radius 1 is 1.38 bits per heavy atom. The van der Waals surface area contributed by atoms with Crippen LogP contribution in [-0.2, 0) is 14.4 Å². The van der Waals surface area contributed by atoms with Crippen molar-refractivity contribution in [1.29, 1.82) is 0 Å². The maximum Gasteiger partial charge on any atom is 0.264 e. The molecule has 6 heteroatoms. The van der Waals surface area contributed by atoms with Gasteiger partial charge in [0, 0.05) is 0 Å². The van der Waals surface area contributed by atoms with Crippen molar-refractivity contribution in [3.63, 3.8) is 0 Å². The molecule has 2 unspecified atom stereocenters. The third-order valence-electron chi connectivity index (χ3n) is 3.37. The van der Waals surface area contributed by atoms with E-state index in [1.165, 1.54) is 4.90 Å². The Hall–Kier alpha value is -2.37. The molecule has 6 nitrogen and oxygen atoms in total. The number of benzene rings is 1. The molecule has 1 aliphatic heterocycles. The van der Waals surface area contributed by atoms with Gasteiger partial charge in [0.1, 0.15) is 18.3 Å². The number of rotatable bonds is 4. The van der Waals surface area contributed by atoms with Crippen LogP contribution in [0, 0.1) is 0 Å². The minimum Gasteiger partial charge on any atom is -0.481 e. The summed E-state index contributed by atoms with van der Waals surface area (Å²) in [6, 6.07) is 8.32. The predicted octanol–water partition coefficient (Wildman–Crippen LogP) is 0.717.